The van der Waals surface area contributed by atoms with Gasteiger partial charge in [0, 0.05) is 24.8 Å². The van der Waals surface area contributed by atoms with Gasteiger partial charge in [-0.15, -0.1) is 0 Å². The first-order chi connectivity index (χ1) is 25.7. The van der Waals surface area contributed by atoms with Crippen LogP contribution in [0.1, 0.15) is 66.0 Å². The summed E-state index contributed by atoms with van der Waals surface area (Å²) in [5, 5.41) is 43.8. The molecule has 0 aliphatic rings. The highest BCUT2D eigenvalue weighted by Gasteiger charge is 2.36. The third kappa shape index (κ3) is 16.6. The molecule has 0 saturated carbocycles. The number of primary amides is 1. The summed E-state index contributed by atoms with van der Waals surface area (Å²) in [6.07, 6.45) is 0.900. The van der Waals surface area contributed by atoms with E-state index in [-0.39, 0.29) is 37.4 Å². The zero-order valence-corrected chi connectivity index (χ0v) is 32.4. The van der Waals surface area contributed by atoms with Gasteiger partial charge in [0.1, 0.15) is 36.3 Å². The number of rotatable bonds is 25. The van der Waals surface area contributed by atoms with Gasteiger partial charge >= 0.3 is 5.97 Å². The van der Waals surface area contributed by atoms with Crippen LogP contribution in [0, 0.1) is 11.8 Å². The van der Waals surface area contributed by atoms with Gasteiger partial charge in [0.25, 0.3) is 0 Å². The van der Waals surface area contributed by atoms with Crippen LogP contribution in [0.5, 0.6) is 0 Å². The molecule has 55 heavy (non-hydrogen) atoms. The predicted octanol–water partition coefficient (Wildman–Crippen LogP) is -4.07. The van der Waals surface area contributed by atoms with Gasteiger partial charge in [0.05, 0.1) is 30.8 Å². The zero-order valence-electron chi connectivity index (χ0n) is 31.5. The Hall–Kier alpha value is -4.80. The van der Waals surface area contributed by atoms with E-state index in [9.17, 15) is 53.7 Å². The number of H-pyrrole nitrogens is 1. The summed E-state index contributed by atoms with van der Waals surface area (Å²) in [5.74, 6) is -8.38. The molecule has 0 aliphatic heterocycles. The molecule has 21 nitrogen and oxygen atoms in total. The van der Waals surface area contributed by atoms with Crippen molar-refractivity contribution >= 4 is 59.9 Å². The summed E-state index contributed by atoms with van der Waals surface area (Å²) in [5.41, 5.74) is 11.2. The summed E-state index contributed by atoms with van der Waals surface area (Å²) in [6.45, 7) is 7.21. The molecule has 310 valence electrons. The molecule has 1 rings (SSSR count). The van der Waals surface area contributed by atoms with Crippen LogP contribution >= 0.6 is 12.6 Å². The number of imidazole rings is 1. The van der Waals surface area contributed by atoms with E-state index in [0.29, 0.717) is 12.1 Å². The second-order valence-electron chi connectivity index (χ2n) is 13.6. The number of hydrogen-bond donors (Lipinski definition) is 13. The first-order valence-corrected chi connectivity index (χ1v) is 18.4. The van der Waals surface area contributed by atoms with Crippen LogP contribution < -0.4 is 43.4 Å². The standard InChI is InChI=1S/C33H56N10O11S/c1-6-16(4)25(31(51)40-22(10-18-11-36-14-37-18)29(49)41-23(12-44)33(53)54)42-30(50)21(9-15(2)3)39-32(52)26(17(5)45)43-28(48)20(7-8-24(35)46)38-27(47)19(34)13-55/h11,14-17,19-23,25-26,44-45,55H,6-10,12-13,34H2,1-5H3,(H2,35,46)(H,36,37)(H,38,47)(H,39,52)(H,40,51)(H,41,49)(H,42,50)(H,43,48)(H,53,54)/t16-,17+,19-,20-,21-,22-,23-,25-,26-/m0/s1. The molecule has 0 spiro atoms. The average molecular weight is 801 g/mol. The molecule has 1 aromatic rings. The third-order valence-corrected chi connectivity index (χ3v) is 8.83. The van der Waals surface area contributed by atoms with Crippen LogP contribution in [-0.2, 0) is 44.8 Å². The van der Waals surface area contributed by atoms with Gasteiger partial charge in [-0.2, -0.15) is 12.6 Å². The maximum absolute atomic E-state index is 13.8. The number of nitrogens with zero attached hydrogens (tertiary/aromatic N) is 1. The Morgan fingerprint density at radius 2 is 1.33 bits per heavy atom. The molecular formula is C33H56N10O11S. The lowest BCUT2D eigenvalue weighted by Gasteiger charge is -2.30. The lowest BCUT2D eigenvalue weighted by molar-refractivity contribution is -0.143. The molecule has 0 bridgehead atoms. The molecule has 0 radical (unpaired) electrons. The van der Waals surface area contributed by atoms with E-state index in [1.807, 2.05) is 0 Å². The van der Waals surface area contributed by atoms with Gasteiger partial charge in [0.15, 0.2) is 0 Å². The Morgan fingerprint density at radius 1 is 0.800 bits per heavy atom. The molecule has 14 N–H and O–H groups in total. The van der Waals surface area contributed by atoms with E-state index >= 15 is 0 Å². The maximum atomic E-state index is 13.8. The van der Waals surface area contributed by atoms with E-state index in [0.717, 1.165) is 0 Å². The van der Waals surface area contributed by atoms with Crippen LogP contribution in [0.2, 0.25) is 0 Å². The fourth-order valence-corrected chi connectivity index (χ4v) is 5.20. The van der Waals surface area contributed by atoms with Gasteiger partial charge in [-0.25, -0.2) is 9.78 Å². The van der Waals surface area contributed by atoms with Gasteiger partial charge in [-0.3, -0.25) is 33.6 Å². The van der Waals surface area contributed by atoms with Gasteiger partial charge in [-0.1, -0.05) is 34.1 Å². The number of aliphatic carboxylic acids is 1. The molecule has 1 aromatic heterocycles. The summed E-state index contributed by atoms with van der Waals surface area (Å²) >= 11 is 3.96. The number of amides is 7. The molecule has 0 fully saturated rings. The summed E-state index contributed by atoms with van der Waals surface area (Å²) in [4.78, 5) is 110. The average Bonchev–Trinajstić information content (AvgIpc) is 3.64. The largest absolute Gasteiger partial charge is 0.480 e. The Bertz CT molecular complexity index is 1460. The van der Waals surface area contributed by atoms with Gasteiger partial charge in [0.2, 0.25) is 41.4 Å². The summed E-state index contributed by atoms with van der Waals surface area (Å²) < 4.78 is 0. The maximum Gasteiger partial charge on any atom is 0.328 e. The molecule has 0 saturated heterocycles. The normalized spacial score (nSPS) is 16.1. The number of nitrogens with two attached hydrogens (primary N) is 2. The number of carbonyl (C=O) groups is 8. The first-order valence-electron chi connectivity index (χ1n) is 17.7. The highest BCUT2D eigenvalue weighted by atomic mass is 32.1. The molecule has 0 aromatic carbocycles. The van der Waals surface area contributed by atoms with Crippen molar-refractivity contribution in [1.29, 1.82) is 0 Å². The van der Waals surface area contributed by atoms with Crippen LogP contribution in [0.15, 0.2) is 12.5 Å². The zero-order chi connectivity index (χ0) is 42.0. The van der Waals surface area contributed by atoms with Crippen LogP contribution in [0.3, 0.4) is 0 Å². The minimum atomic E-state index is -1.66. The number of aliphatic hydroxyl groups excluding tert-OH is 2. The lowest BCUT2D eigenvalue weighted by Crippen LogP contribution is -2.62. The summed E-state index contributed by atoms with van der Waals surface area (Å²) in [7, 11) is 0. The Kier molecular flexibility index (Phi) is 20.9. The molecule has 7 amide bonds. The number of thiol groups is 1. The number of nitrogens with one attached hydrogen (secondary N) is 7. The number of aromatic nitrogens is 2. The molecular weight excluding hydrogens is 744 g/mol. The van der Waals surface area contributed by atoms with Crippen molar-refractivity contribution < 1.29 is 53.7 Å². The number of hydrogen-bond acceptors (Lipinski definition) is 13. The number of carboxylic acid groups (broad SMARTS) is 1. The van der Waals surface area contributed by atoms with Gasteiger partial charge < -0.3 is 63.7 Å². The molecule has 22 heteroatoms. The van der Waals surface area contributed by atoms with E-state index < -0.39 is 108 Å². The predicted molar refractivity (Wildman–Crippen MR) is 199 cm³/mol. The number of aliphatic hydroxyl groups is 2. The van der Waals surface area contributed by atoms with Crippen molar-refractivity contribution in [2.75, 3.05) is 12.4 Å². The number of carbonyl (C=O) groups excluding carboxylic acids is 7. The van der Waals surface area contributed by atoms with Crippen molar-refractivity contribution in [3.8, 4) is 0 Å². The Balaban J connectivity index is 3.32. The second kappa shape index (κ2) is 23.9. The lowest BCUT2D eigenvalue weighted by atomic mass is 9.96. The molecule has 0 unspecified atom stereocenters. The Labute approximate surface area is 324 Å². The molecule has 1 heterocycles. The van der Waals surface area contributed by atoms with E-state index in [1.54, 1.807) is 27.7 Å². The first kappa shape index (κ1) is 48.2. The second-order valence-corrected chi connectivity index (χ2v) is 13.9. The van der Waals surface area contributed by atoms with Crippen LogP contribution in [0.25, 0.3) is 0 Å². The van der Waals surface area contributed by atoms with Crippen LogP contribution in [-0.4, -0.2) is 133 Å². The van der Waals surface area contributed by atoms with Crippen LogP contribution in [0.4, 0.5) is 0 Å². The van der Waals surface area contributed by atoms with Crippen molar-refractivity contribution in [1.82, 2.24) is 41.9 Å². The number of aromatic amines is 1. The summed E-state index contributed by atoms with van der Waals surface area (Å²) in [6, 6.07) is -9.80. The van der Waals surface area contributed by atoms with Gasteiger partial charge in [-0.05, 0) is 31.6 Å². The minimum absolute atomic E-state index is 0.0354. The molecule has 0 aliphatic carbocycles. The minimum Gasteiger partial charge on any atom is -0.480 e. The topological polar surface area (TPSA) is 350 Å². The van der Waals surface area contributed by atoms with E-state index in [2.05, 4.69) is 54.5 Å². The quantitative estimate of drug-likeness (QED) is 0.0419. The van der Waals surface area contributed by atoms with Crippen molar-refractivity contribution in [3.63, 3.8) is 0 Å². The van der Waals surface area contributed by atoms with E-state index in [1.165, 1.54) is 19.4 Å². The van der Waals surface area contributed by atoms with Crippen molar-refractivity contribution in [3.05, 3.63) is 18.2 Å². The van der Waals surface area contributed by atoms with Crippen molar-refractivity contribution in [2.45, 2.75) is 115 Å². The third-order valence-electron chi connectivity index (χ3n) is 8.44. The smallest absolute Gasteiger partial charge is 0.328 e. The van der Waals surface area contributed by atoms with E-state index in [4.69, 9.17) is 11.5 Å². The molecule has 9 atom stereocenters. The Morgan fingerprint density at radius 3 is 1.82 bits per heavy atom. The van der Waals surface area contributed by atoms with Crippen molar-refractivity contribution in [2.24, 2.45) is 23.3 Å². The fourth-order valence-electron chi connectivity index (χ4n) is 5.04. The highest BCUT2D eigenvalue weighted by molar-refractivity contribution is 7.80. The highest BCUT2D eigenvalue weighted by Crippen LogP contribution is 2.13. The number of carboxylic acids is 1. The monoisotopic (exact) mass is 800 g/mol. The fraction of sp³-hybridized carbons (Fsp3) is 0.667. The SMILES string of the molecule is CC[C@H](C)[C@H](NC(=O)[C@H](CC(C)C)NC(=O)[C@@H](NC(=O)[C@H](CCC(N)=O)NC(=O)[C@@H](N)CS)[C@@H](C)O)C(=O)N[C@@H](Cc1c[nH]cn1)C(=O)N[C@@H](CO)C(=O)O.